The number of benzene rings is 1. The Morgan fingerprint density at radius 2 is 1.96 bits per heavy atom. The van der Waals surface area contributed by atoms with Crippen LogP contribution < -0.4 is 10.6 Å². The summed E-state index contributed by atoms with van der Waals surface area (Å²) in [5.74, 6) is -0.167. The lowest BCUT2D eigenvalue weighted by molar-refractivity contribution is -0.117. The van der Waals surface area contributed by atoms with Crippen molar-refractivity contribution in [2.45, 2.75) is 50.2 Å². The molecule has 0 spiro atoms. The van der Waals surface area contributed by atoms with Crippen molar-refractivity contribution in [2.75, 3.05) is 5.75 Å². The van der Waals surface area contributed by atoms with Crippen LogP contribution in [0.25, 0.3) is 0 Å². The van der Waals surface area contributed by atoms with Crippen molar-refractivity contribution in [3.05, 3.63) is 47.3 Å². The molecule has 1 fully saturated rings. The van der Waals surface area contributed by atoms with E-state index in [1.807, 2.05) is 25.1 Å². The number of hydrogen-bond acceptors (Lipinski definition) is 4. The van der Waals surface area contributed by atoms with Gasteiger partial charge in [0.15, 0.2) is 5.16 Å². The number of nitrogens with zero attached hydrogens (tertiary/aromatic N) is 1. The minimum absolute atomic E-state index is 0.149. The Kier molecular flexibility index (Phi) is 6.33. The van der Waals surface area contributed by atoms with Gasteiger partial charge in [0.2, 0.25) is 5.91 Å². The van der Waals surface area contributed by atoms with Gasteiger partial charge in [-0.05, 0) is 25.3 Å². The smallest absolute Gasteiger partial charge is 0.321 e. The Hall–Kier alpha value is -2.28. The number of carbonyl (C=O) groups is 2. The third-order valence-electron chi connectivity index (χ3n) is 4.46. The summed E-state index contributed by atoms with van der Waals surface area (Å²) < 4.78 is 0. The fourth-order valence-electron chi connectivity index (χ4n) is 3.08. The van der Waals surface area contributed by atoms with Gasteiger partial charge < -0.3 is 10.3 Å². The molecule has 0 atom stereocenters. The van der Waals surface area contributed by atoms with Gasteiger partial charge in [0, 0.05) is 18.2 Å². The predicted octanol–water partition coefficient (Wildman–Crippen LogP) is 3.17. The molecular weight excluding hydrogens is 348 g/mol. The number of H-pyrrole nitrogens is 1. The van der Waals surface area contributed by atoms with E-state index >= 15 is 0 Å². The summed E-state index contributed by atoms with van der Waals surface area (Å²) in [7, 11) is 0. The molecule has 0 unspecified atom stereocenters. The number of imide groups is 1. The highest BCUT2D eigenvalue weighted by molar-refractivity contribution is 7.99. The highest BCUT2D eigenvalue weighted by Crippen LogP contribution is 2.19. The van der Waals surface area contributed by atoms with Gasteiger partial charge in [0.05, 0.1) is 11.4 Å². The maximum Gasteiger partial charge on any atom is 0.321 e. The number of aromatic nitrogens is 2. The molecule has 0 saturated heterocycles. The minimum Gasteiger partial charge on any atom is -0.337 e. The number of urea groups is 1. The Morgan fingerprint density at radius 1 is 1.23 bits per heavy atom. The molecule has 1 aromatic carbocycles. The van der Waals surface area contributed by atoms with Crippen LogP contribution in [0.4, 0.5) is 4.79 Å². The fraction of sp³-hybridized carbons (Fsp3) is 0.421. The van der Waals surface area contributed by atoms with Gasteiger partial charge >= 0.3 is 6.03 Å². The third-order valence-corrected chi connectivity index (χ3v) is 5.33. The highest BCUT2D eigenvalue weighted by atomic mass is 32.2. The minimum atomic E-state index is -0.400. The van der Waals surface area contributed by atoms with Crippen LogP contribution in [0, 0.1) is 6.92 Å². The topological polar surface area (TPSA) is 86.9 Å². The number of imidazole rings is 1. The summed E-state index contributed by atoms with van der Waals surface area (Å²) in [6.07, 6.45) is 5.01. The molecule has 1 heterocycles. The molecule has 3 amide bonds. The maximum atomic E-state index is 11.9. The van der Waals surface area contributed by atoms with Crippen LogP contribution in [0.1, 0.15) is 42.6 Å². The average Bonchev–Trinajstić information content (AvgIpc) is 3.24. The predicted molar refractivity (Wildman–Crippen MR) is 102 cm³/mol. The average molecular weight is 372 g/mol. The van der Waals surface area contributed by atoms with Crippen molar-refractivity contribution in [3.8, 4) is 0 Å². The van der Waals surface area contributed by atoms with Crippen LogP contribution in [-0.2, 0) is 11.2 Å². The molecule has 0 bridgehead atoms. The summed E-state index contributed by atoms with van der Waals surface area (Å²) in [6.45, 7) is 1.98. The van der Waals surface area contributed by atoms with Gasteiger partial charge in [0.25, 0.3) is 0 Å². The third kappa shape index (κ3) is 5.36. The van der Waals surface area contributed by atoms with Gasteiger partial charge in [-0.1, -0.05) is 54.9 Å². The Bertz CT molecular complexity index is 754. The lowest BCUT2D eigenvalue weighted by atomic mass is 10.1. The molecule has 1 aliphatic rings. The molecule has 0 radical (unpaired) electrons. The van der Waals surface area contributed by atoms with E-state index in [1.54, 1.807) is 0 Å². The van der Waals surface area contributed by atoms with Gasteiger partial charge in [-0.2, -0.15) is 0 Å². The number of amides is 3. The molecule has 2 aromatic rings. The van der Waals surface area contributed by atoms with E-state index in [9.17, 15) is 9.59 Å². The van der Waals surface area contributed by atoms with E-state index in [0.29, 0.717) is 5.16 Å². The Balaban J connectivity index is 1.46. The Morgan fingerprint density at radius 3 is 2.69 bits per heavy atom. The van der Waals surface area contributed by atoms with Gasteiger partial charge in [0.1, 0.15) is 0 Å². The fourth-order valence-corrected chi connectivity index (χ4v) is 3.82. The number of hydrogen-bond donors (Lipinski definition) is 3. The number of aromatic amines is 1. The van der Waals surface area contributed by atoms with E-state index in [4.69, 9.17) is 0 Å². The second-order valence-electron chi connectivity index (χ2n) is 6.57. The maximum absolute atomic E-state index is 11.9. The molecule has 6 nitrogen and oxygen atoms in total. The van der Waals surface area contributed by atoms with E-state index in [1.165, 1.54) is 17.3 Å². The number of rotatable bonds is 6. The SMILES string of the molecule is Cc1[nH]c(SCC(=O)NC(=O)NC2CCCC2)nc1Cc1ccccc1. The number of nitrogens with one attached hydrogen (secondary N) is 3. The molecule has 1 saturated carbocycles. The monoisotopic (exact) mass is 372 g/mol. The first-order chi connectivity index (χ1) is 12.6. The normalized spacial score (nSPS) is 14.3. The van der Waals surface area contributed by atoms with E-state index < -0.39 is 6.03 Å². The number of carbonyl (C=O) groups excluding carboxylic acids is 2. The van der Waals surface area contributed by atoms with Crippen LogP contribution in [0.3, 0.4) is 0 Å². The van der Waals surface area contributed by atoms with Crippen LogP contribution >= 0.6 is 11.8 Å². The van der Waals surface area contributed by atoms with Crippen molar-refractivity contribution < 1.29 is 9.59 Å². The molecule has 138 valence electrons. The van der Waals surface area contributed by atoms with Crippen molar-refractivity contribution in [2.24, 2.45) is 0 Å². The van der Waals surface area contributed by atoms with Gasteiger partial charge in [-0.25, -0.2) is 9.78 Å². The second-order valence-corrected chi connectivity index (χ2v) is 7.53. The first-order valence-electron chi connectivity index (χ1n) is 8.92. The van der Waals surface area contributed by atoms with Crippen LogP contribution in [-0.4, -0.2) is 33.7 Å². The van der Waals surface area contributed by atoms with Crippen LogP contribution in [0.15, 0.2) is 35.5 Å². The molecule has 26 heavy (non-hydrogen) atoms. The highest BCUT2D eigenvalue weighted by Gasteiger charge is 2.18. The molecule has 0 aliphatic heterocycles. The molecule has 3 rings (SSSR count). The van der Waals surface area contributed by atoms with Crippen LogP contribution in [0.5, 0.6) is 0 Å². The standard InChI is InChI=1S/C19H24N4O2S/c1-13-16(11-14-7-3-2-4-8-14)22-19(20-13)26-12-17(24)23-18(25)21-15-9-5-6-10-15/h2-4,7-8,15H,5-6,9-12H2,1H3,(H,20,22)(H2,21,23,24,25). The zero-order valence-corrected chi connectivity index (χ0v) is 15.7. The number of thioether (sulfide) groups is 1. The first kappa shape index (κ1) is 18.5. The summed E-state index contributed by atoms with van der Waals surface area (Å²) >= 11 is 1.30. The lowest BCUT2D eigenvalue weighted by Crippen LogP contribution is -2.44. The second kappa shape index (κ2) is 8.89. The molecule has 7 heteroatoms. The van der Waals surface area contributed by atoms with Crippen LogP contribution in [0.2, 0.25) is 0 Å². The van der Waals surface area contributed by atoms with Crippen molar-refractivity contribution in [1.29, 1.82) is 0 Å². The number of aryl methyl sites for hydroxylation is 1. The van der Waals surface area contributed by atoms with E-state index in [2.05, 4.69) is 32.7 Å². The largest absolute Gasteiger partial charge is 0.337 e. The summed E-state index contributed by atoms with van der Waals surface area (Å²) in [5.41, 5.74) is 3.16. The molecule has 3 N–H and O–H groups in total. The Labute approximate surface area is 157 Å². The molecule has 1 aliphatic carbocycles. The quantitative estimate of drug-likeness (QED) is 0.680. The summed E-state index contributed by atoms with van der Waals surface area (Å²) in [4.78, 5) is 31.5. The molecule has 1 aromatic heterocycles. The lowest BCUT2D eigenvalue weighted by Gasteiger charge is -2.11. The zero-order valence-electron chi connectivity index (χ0n) is 14.9. The molecular formula is C19H24N4O2S. The van der Waals surface area contributed by atoms with Crippen molar-refractivity contribution in [3.63, 3.8) is 0 Å². The summed E-state index contributed by atoms with van der Waals surface area (Å²) in [6, 6.07) is 9.94. The van der Waals surface area contributed by atoms with Gasteiger partial charge in [-0.15, -0.1) is 0 Å². The first-order valence-corrected chi connectivity index (χ1v) is 9.91. The van der Waals surface area contributed by atoms with Crippen molar-refractivity contribution in [1.82, 2.24) is 20.6 Å². The zero-order chi connectivity index (χ0) is 18.4. The van der Waals surface area contributed by atoms with E-state index in [-0.39, 0.29) is 17.7 Å². The van der Waals surface area contributed by atoms with E-state index in [0.717, 1.165) is 43.5 Å². The summed E-state index contributed by atoms with van der Waals surface area (Å²) in [5, 5.41) is 5.93. The van der Waals surface area contributed by atoms with Crippen molar-refractivity contribution >= 4 is 23.7 Å². The van der Waals surface area contributed by atoms with Gasteiger partial charge in [-0.3, -0.25) is 10.1 Å².